The Kier molecular flexibility index (Phi) is 5.04. The largest absolute Gasteiger partial charge is 0.289 e. The van der Waals surface area contributed by atoms with Crippen molar-refractivity contribution in [3.63, 3.8) is 0 Å². The lowest BCUT2D eigenvalue weighted by Gasteiger charge is -2.27. The van der Waals surface area contributed by atoms with E-state index < -0.39 is 22.6 Å². The van der Waals surface area contributed by atoms with Gasteiger partial charge in [0.15, 0.2) is 0 Å². The van der Waals surface area contributed by atoms with Crippen LogP contribution in [0.15, 0.2) is 72.8 Å². The molecule has 0 N–H and O–H groups in total. The number of hydrogen-bond acceptors (Lipinski definition) is 5. The summed E-state index contributed by atoms with van der Waals surface area (Å²) in [7, 11) is 0. The van der Waals surface area contributed by atoms with Crippen LogP contribution in [0.3, 0.4) is 0 Å². The summed E-state index contributed by atoms with van der Waals surface area (Å²) in [6.45, 7) is 1.46. The average Bonchev–Trinajstić information content (AvgIpc) is 3.01. The normalized spacial score (nSPS) is 12.6. The molecule has 0 spiro atoms. The van der Waals surface area contributed by atoms with Gasteiger partial charge in [0.1, 0.15) is 12.2 Å². The molecule has 8 heteroatoms. The first-order valence-corrected chi connectivity index (χ1v) is 9.45. The van der Waals surface area contributed by atoms with Gasteiger partial charge in [0.2, 0.25) is 0 Å². The van der Waals surface area contributed by atoms with Gasteiger partial charge in [-0.2, -0.15) is 0 Å². The quantitative estimate of drug-likeness (QED) is 0.358. The molecule has 3 amide bonds. The summed E-state index contributed by atoms with van der Waals surface area (Å²) in [6, 6.07) is 18.9. The maximum absolute atomic E-state index is 13.4. The van der Waals surface area contributed by atoms with Crippen molar-refractivity contribution in [1.82, 2.24) is 4.90 Å². The highest BCUT2D eigenvalue weighted by molar-refractivity contribution is 6.22. The van der Waals surface area contributed by atoms with E-state index in [-0.39, 0.29) is 29.0 Å². The predicted molar refractivity (Wildman–Crippen MR) is 113 cm³/mol. The standard InChI is InChI=1S/C23H17N3O5/c1-15-7-6-8-16(13-15)24(23(29)19-11-4-5-12-20(19)26(30)31)14-25-21(27)17-9-2-3-10-18(17)22(25)28/h2-13H,14H2,1H3. The number of nitro benzene ring substituents is 1. The number of nitro groups is 1. The first-order chi connectivity index (χ1) is 14.9. The maximum Gasteiger partial charge on any atom is 0.282 e. The molecule has 31 heavy (non-hydrogen) atoms. The predicted octanol–water partition coefficient (Wildman–Crippen LogP) is 3.80. The number of amides is 3. The molecule has 154 valence electrons. The summed E-state index contributed by atoms with van der Waals surface area (Å²) in [4.78, 5) is 52.1. The van der Waals surface area contributed by atoms with Crippen LogP contribution in [0.4, 0.5) is 11.4 Å². The van der Waals surface area contributed by atoms with Crippen molar-refractivity contribution in [3.05, 3.63) is 105 Å². The van der Waals surface area contributed by atoms with E-state index in [1.54, 1.807) is 42.5 Å². The Balaban J connectivity index is 1.77. The number of aryl methyl sites for hydroxylation is 1. The smallest absolute Gasteiger partial charge is 0.282 e. The number of benzene rings is 3. The average molecular weight is 415 g/mol. The SMILES string of the molecule is Cc1cccc(N(CN2C(=O)c3ccccc3C2=O)C(=O)c2ccccc2[N+](=O)[O-])c1. The highest BCUT2D eigenvalue weighted by atomic mass is 16.6. The van der Waals surface area contributed by atoms with Crippen molar-refractivity contribution in [2.24, 2.45) is 0 Å². The lowest BCUT2D eigenvalue weighted by Crippen LogP contribution is -2.44. The van der Waals surface area contributed by atoms with Crippen LogP contribution in [0.25, 0.3) is 0 Å². The Labute approximate surface area is 177 Å². The van der Waals surface area contributed by atoms with Crippen molar-refractivity contribution >= 4 is 29.1 Å². The third-order valence-corrected chi connectivity index (χ3v) is 5.05. The summed E-state index contributed by atoms with van der Waals surface area (Å²) < 4.78 is 0. The van der Waals surface area contributed by atoms with Crippen LogP contribution in [0.5, 0.6) is 0 Å². The third kappa shape index (κ3) is 3.55. The Morgan fingerprint density at radius 3 is 2.16 bits per heavy atom. The fraction of sp³-hybridized carbons (Fsp3) is 0.0870. The van der Waals surface area contributed by atoms with Gasteiger partial charge in [0.05, 0.1) is 16.1 Å². The molecule has 0 saturated heterocycles. The molecule has 8 nitrogen and oxygen atoms in total. The molecule has 1 aliphatic heterocycles. The Bertz CT molecular complexity index is 1200. The van der Waals surface area contributed by atoms with Gasteiger partial charge in [-0.1, -0.05) is 36.4 Å². The summed E-state index contributed by atoms with van der Waals surface area (Å²) in [6.07, 6.45) is 0. The number of anilines is 1. The van der Waals surface area contributed by atoms with Gasteiger partial charge in [-0.15, -0.1) is 0 Å². The van der Waals surface area contributed by atoms with Gasteiger partial charge >= 0.3 is 0 Å². The number of carbonyl (C=O) groups excluding carboxylic acids is 3. The van der Waals surface area contributed by atoms with Crippen molar-refractivity contribution in [1.29, 1.82) is 0 Å². The molecule has 0 saturated carbocycles. The first-order valence-electron chi connectivity index (χ1n) is 9.45. The van der Waals surface area contributed by atoms with E-state index in [1.807, 2.05) is 13.0 Å². The molecule has 0 aliphatic carbocycles. The maximum atomic E-state index is 13.4. The topological polar surface area (TPSA) is 101 Å². The van der Waals surface area contributed by atoms with E-state index in [9.17, 15) is 24.5 Å². The van der Waals surface area contributed by atoms with E-state index in [4.69, 9.17) is 0 Å². The number of hydrogen-bond donors (Lipinski definition) is 0. The highest BCUT2D eigenvalue weighted by Gasteiger charge is 2.38. The van der Waals surface area contributed by atoms with Crippen LogP contribution in [0.2, 0.25) is 0 Å². The molecule has 0 unspecified atom stereocenters. The molecule has 3 aromatic rings. The van der Waals surface area contributed by atoms with E-state index >= 15 is 0 Å². The van der Waals surface area contributed by atoms with Gasteiger partial charge in [-0.05, 0) is 42.8 Å². The van der Waals surface area contributed by atoms with Gasteiger partial charge < -0.3 is 0 Å². The molecular formula is C23H17N3O5. The minimum atomic E-state index is -0.686. The minimum Gasteiger partial charge on any atom is -0.289 e. The van der Waals surface area contributed by atoms with Crippen LogP contribution in [0, 0.1) is 17.0 Å². The summed E-state index contributed by atoms with van der Waals surface area (Å²) in [5.74, 6) is -1.73. The lowest BCUT2D eigenvalue weighted by molar-refractivity contribution is -0.385. The molecule has 4 rings (SSSR count). The van der Waals surface area contributed by atoms with Crippen LogP contribution in [-0.2, 0) is 0 Å². The number of carbonyl (C=O) groups is 3. The molecule has 0 fully saturated rings. The van der Waals surface area contributed by atoms with Crippen molar-refractivity contribution in [3.8, 4) is 0 Å². The number of para-hydroxylation sites is 1. The Hall–Kier alpha value is -4.33. The van der Waals surface area contributed by atoms with E-state index in [0.29, 0.717) is 5.69 Å². The number of fused-ring (bicyclic) bond motifs is 1. The third-order valence-electron chi connectivity index (χ3n) is 5.05. The van der Waals surface area contributed by atoms with Crippen molar-refractivity contribution in [2.45, 2.75) is 6.92 Å². The molecular weight excluding hydrogens is 398 g/mol. The lowest BCUT2D eigenvalue weighted by atomic mass is 10.1. The van der Waals surface area contributed by atoms with Gasteiger partial charge in [0, 0.05) is 11.8 Å². The summed E-state index contributed by atoms with van der Waals surface area (Å²) in [5.41, 5.74) is 1.29. The fourth-order valence-corrected chi connectivity index (χ4v) is 3.53. The summed E-state index contributed by atoms with van der Waals surface area (Å²) >= 11 is 0. The Morgan fingerprint density at radius 2 is 1.55 bits per heavy atom. The molecule has 1 heterocycles. The zero-order valence-electron chi connectivity index (χ0n) is 16.5. The molecule has 0 bridgehead atoms. The second-order valence-corrected chi connectivity index (χ2v) is 7.07. The highest BCUT2D eigenvalue weighted by Crippen LogP contribution is 2.27. The zero-order chi connectivity index (χ0) is 22.1. The van der Waals surface area contributed by atoms with Gasteiger partial charge in [-0.3, -0.25) is 34.3 Å². The van der Waals surface area contributed by atoms with Gasteiger partial charge in [-0.25, -0.2) is 0 Å². The van der Waals surface area contributed by atoms with Crippen molar-refractivity contribution < 1.29 is 19.3 Å². The van der Waals surface area contributed by atoms with Crippen molar-refractivity contribution in [2.75, 3.05) is 11.6 Å². The minimum absolute atomic E-state index is 0.134. The molecule has 0 radical (unpaired) electrons. The second kappa shape index (κ2) is 7.83. The first kappa shape index (κ1) is 20.0. The molecule has 0 atom stereocenters. The van der Waals surface area contributed by atoms with Crippen LogP contribution < -0.4 is 4.90 Å². The zero-order valence-corrected chi connectivity index (χ0v) is 16.5. The molecule has 3 aromatic carbocycles. The monoisotopic (exact) mass is 415 g/mol. The molecule has 1 aliphatic rings. The Morgan fingerprint density at radius 1 is 0.935 bits per heavy atom. The van der Waals surface area contributed by atoms with Crippen LogP contribution in [-0.4, -0.2) is 34.2 Å². The number of imide groups is 1. The number of nitrogens with zero attached hydrogens (tertiary/aromatic N) is 3. The van der Waals surface area contributed by atoms with Gasteiger partial charge in [0.25, 0.3) is 23.4 Å². The van der Waals surface area contributed by atoms with E-state index in [0.717, 1.165) is 10.5 Å². The fourth-order valence-electron chi connectivity index (χ4n) is 3.53. The second-order valence-electron chi connectivity index (χ2n) is 7.07. The molecule has 0 aromatic heterocycles. The van der Waals surface area contributed by atoms with E-state index in [2.05, 4.69) is 0 Å². The summed E-state index contributed by atoms with van der Waals surface area (Å²) in [5, 5.41) is 11.5. The van der Waals surface area contributed by atoms with Crippen LogP contribution in [0.1, 0.15) is 36.6 Å². The van der Waals surface area contributed by atoms with E-state index in [1.165, 1.54) is 29.2 Å². The number of rotatable bonds is 5. The van der Waals surface area contributed by atoms with Crippen LogP contribution >= 0.6 is 0 Å².